The van der Waals surface area contributed by atoms with E-state index in [1.54, 1.807) is 12.3 Å². The summed E-state index contributed by atoms with van der Waals surface area (Å²) in [4.78, 5) is 12.4. The van der Waals surface area contributed by atoms with Gasteiger partial charge in [0.15, 0.2) is 5.78 Å². The van der Waals surface area contributed by atoms with E-state index in [4.69, 9.17) is 0 Å². The number of rotatable bonds is 6. The summed E-state index contributed by atoms with van der Waals surface area (Å²) in [6.07, 6.45) is 3.29. The van der Waals surface area contributed by atoms with E-state index in [9.17, 15) is 4.79 Å². The molecule has 0 aliphatic rings. The van der Waals surface area contributed by atoms with Crippen LogP contribution in [0.25, 0.3) is 11.1 Å². The Bertz CT molecular complexity index is 893. The summed E-state index contributed by atoms with van der Waals surface area (Å²) in [6, 6.07) is 26.0. The van der Waals surface area contributed by atoms with Crippen LogP contribution in [-0.2, 0) is 0 Å². The Balaban J connectivity index is 1.68. The van der Waals surface area contributed by atoms with E-state index in [2.05, 4.69) is 37.4 Å². The van der Waals surface area contributed by atoms with Crippen molar-refractivity contribution in [3.8, 4) is 11.1 Å². The molecule has 0 unspecified atom stereocenters. The summed E-state index contributed by atoms with van der Waals surface area (Å²) in [6.45, 7) is 4.31. The number of para-hydroxylation sites is 1. The molecule has 0 heterocycles. The molecule has 0 bridgehead atoms. The normalized spacial score (nSPS) is 11.0. The van der Waals surface area contributed by atoms with Gasteiger partial charge < -0.3 is 5.32 Å². The minimum atomic E-state index is -0.0147. The molecule has 0 aromatic heterocycles. The first-order valence-corrected chi connectivity index (χ1v) is 8.87. The van der Waals surface area contributed by atoms with Gasteiger partial charge in [-0.2, -0.15) is 0 Å². The fourth-order valence-corrected chi connectivity index (χ4v) is 2.89. The highest BCUT2D eigenvalue weighted by molar-refractivity contribution is 6.04. The molecular formula is C24H23NO. The van der Waals surface area contributed by atoms with Crippen molar-refractivity contribution in [3.05, 3.63) is 102 Å². The van der Waals surface area contributed by atoms with Crippen molar-refractivity contribution in [2.24, 2.45) is 0 Å². The highest BCUT2D eigenvalue weighted by Crippen LogP contribution is 2.23. The number of hydrogen-bond donors (Lipinski definition) is 1. The van der Waals surface area contributed by atoms with Crippen LogP contribution in [0.1, 0.15) is 35.7 Å². The second kappa shape index (κ2) is 8.30. The van der Waals surface area contributed by atoms with Crippen molar-refractivity contribution in [1.29, 1.82) is 0 Å². The maximum absolute atomic E-state index is 12.4. The quantitative estimate of drug-likeness (QED) is 0.422. The number of carbonyl (C=O) groups is 1. The first-order valence-electron chi connectivity index (χ1n) is 8.87. The molecule has 3 aromatic rings. The van der Waals surface area contributed by atoms with Crippen LogP contribution in [0.3, 0.4) is 0 Å². The van der Waals surface area contributed by atoms with Gasteiger partial charge in [-0.1, -0.05) is 86.6 Å². The molecule has 3 aromatic carbocycles. The Labute approximate surface area is 155 Å². The predicted octanol–water partition coefficient (Wildman–Crippen LogP) is 6.29. The van der Waals surface area contributed by atoms with Crippen molar-refractivity contribution in [3.63, 3.8) is 0 Å². The zero-order valence-electron chi connectivity index (χ0n) is 15.1. The fourth-order valence-electron chi connectivity index (χ4n) is 2.89. The molecule has 0 aliphatic carbocycles. The maximum atomic E-state index is 12.4. The zero-order chi connectivity index (χ0) is 18.4. The molecule has 0 amide bonds. The molecule has 2 nitrogen and oxygen atoms in total. The van der Waals surface area contributed by atoms with Crippen LogP contribution < -0.4 is 5.32 Å². The standard InChI is InChI=1S/C24H23NO/c1-18(2)22-10-6-7-11-23(22)25-17-16-24(26)21-14-12-20(13-15-21)19-8-4-3-5-9-19/h3-18,25H,1-2H3. The van der Waals surface area contributed by atoms with E-state index in [1.165, 1.54) is 5.56 Å². The predicted molar refractivity (Wildman–Crippen MR) is 110 cm³/mol. The molecule has 1 N–H and O–H groups in total. The highest BCUT2D eigenvalue weighted by atomic mass is 16.1. The fraction of sp³-hybridized carbons (Fsp3) is 0.125. The number of carbonyl (C=O) groups excluding carboxylic acids is 1. The summed E-state index contributed by atoms with van der Waals surface area (Å²) in [5.41, 5.74) is 5.20. The number of hydrogen-bond acceptors (Lipinski definition) is 2. The summed E-state index contributed by atoms with van der Waals surface area (Å²) >= 11 is 0. The number of allylic oxidation sites excluding steroid dienone is 1. The maximum Gasteiger partial charge on any atom is 0.187 e. The van der Waals surface area contributed by atoms with Gasteiger partial charge in [-0.05, 0) is 28.7 Å². The van der Waals surface area contributed by atoms with Crippen molar-refractivity contribution >= 4 is 11.5 Å². The average molecular weight is 341 g/mol. The van der Waals surface area contributed by atoms with Crippen LogP contribution >= 0.6 is 0 Å². The summed E-state index contributed by atoms with van der Waals surface area (Å²) in [5, 5.41) is 3.23. The molecule has 0 aliphatic heterocycles. The lowest BCUT2D eigenvalue weighted by atomic mass is 10.0. The van der Waals surface area contributed by atoms with E-state index >= 15 is 0 Å². The Kier molecular flexibility index (Phi) is 5.65. The van der Waals surface area contributed by atoms with Crippen LogP contribution in [0, 0.1) is 0 Å². The third-order valence-corrected chi connectivity index (χ3v) is 4.33. The molecule has 3 rings (SSSR count). The molecule has 0 saturated carbocycles. The zero-order valence-corrected chi connectivity index (χ0v) is 15.1. The van der Waals surface area contributed by atoms with Gasteiger partial charge in [-0.25, -0.2) is 0 Å². The Hall–Kier alpha value is -3.13. The molecule has 26 heavy (non-hydrogen) atoms. The van der Waals surface area contributed by atoms with Crippen LogP contribution in [0.2, 0.25) is 0 Å². The third-order valence-electron chi connectivity index (χ3n) is 4.33. The molecule has 0 spiro atoms. The van der Waals surface area contributed by atoms with Crippen molar-refractivity contribution < 1.29 is 4.79 Å². The molecule has 0 fully saturated rings. The smallest absolute Gasteiger partial charge is 0.187 e. The minimum absolute atomic E-state index is 0.0147. The van der Waals surface area contributed by atoms with Gasteiger partial charge in [0.25, 0.3) is 0 Å². The van der Waals surface area contributed by atoms with Crippen LogP contribution in [-0.4, -0.2) is 5.78 Å². The Morgan fingerprint density at radius 2 is 1.42 bits per heavy atom. The molecule has 0 radical (unpaired) electrons. The van der Waals surface area contributed by atoms with Gasteiger partial charge in [0.1, 0.15) is 0 Å². The Morgan fingerprint density at radius 1 is 0.808 bits per heavy atom. The monoisotopic (exact) mass is 341 g/mol. The largest absolute Gasteiger partial charge is 0.361 e. The molecule has 0 saturated heterocycles. The number of benzene rings is 3. The first kappa shape index (κ1) is 17.7. The van der Waals surface area contributed by atoms with Crippen molar-refractivity contribution in [2.45, 2.75) is 19.8 Å². The lowest BCUT2D eigenvalue weighted by molar-refractivity contribution is 0.104. The molecular weight excluding hydrogens is 318 g/mol. The van der Waals surface area contributed by atoms with Gasteiger partial charge in [-0.15, -0.1) is 0 Å². The minimum Gasteiger partial charge on any atom is -0.361 e. The highest BCUT2D eigenvalue weighted by Gasteiger charge is 2.05. The number of ketones is 1. The second-order valence-corrected chi connectivity index (χ2v) is 6.53. The third kappa shape index (κ3) is 4.28. The molecule has 0 atom stereocenters. The topological polar surface area (TPSA) is 29.1 Å². The average Bonchev–Trinajstić information content (AvgIpc) is 2.69. The van der Waals surface area contributed by atoms with E-state index in [0.29, 0.717) is 11.5 Å². The van der Waals surface area contributed by atoms with Crippen LogP contribution in [0.4, 0.5) is 5.69 Å². The second-order valence-electron chi connectivity index (χ2n) is 6.53. The van der Waals surface area contributed by atoms with Crippen molar-refractivity contribution in [1.82, 2.24) is 0 Å². The van der Waals surface area contributed by atoms with E-state index < -0.39 is 0 Å². The van der Waals surface area contributed by atoms with Gasteiger partial charge in [0, 0.05) is 23.5 Å². The first-order chi connectivity index (χ1) is 12.6. The van der Waals surface area contributed by atoms with Gasteiger partial charge in [0.05, 0.1) is 0 Å². The van der Waals surface area contributed by atoms with E-state index in [-0.39, 0.29) is 5.78 Å². The lowest BCUT2D eigenvalue weighted by Crippen LogP contribution is -1.99. The van der Waals surface area contributed by atoms with Crippen molar-refractivity contribution in [2.75, 3.05) is 5.32 Å². The van der Waals surface area contributed by atoms with Gasteiger partial charge >= 0.3 is 0 Å². The van der Waals surface area contributed by atoms with E-state index in [1.807, 2.05) is 60.7 Å². The summed E-state index contributed by atoms with van der Waals surface area (Å²) < 4.78 is 0. The summed E-state index contributed by atoms with van der Waals surface area (Å²) in [5.74, 6) is 0.410. The number of anilines is 1. The number of nitrogens with one attached hydrogen (secondary N) is 1. The Morgan fingerprint density at radius 3 is 2.12 bits per heavy atom. The summed E-state index contributed by atoms with van der Waals surface area (Å²) in [7, 11) is 0. The molecule has 2 heteroatoms. The molecule has 130 valence electrons. The lowest BCUT2D eigenvalue weighted by Gasteiger charge is -2.11. The van der Waals surface area contributed by atoms with Crippen LogP contribution in [0.5, 0.6) is 0 Å². The van der Waals surface area contributed by atoms with E-state index in [0.717, 1.165) is 16.8 Å². The van der Waals surface area contributed by atoms with Crippen LogP contribution in [0.15, 0.2) is 91.1 Å². The van der Waals surface area contributed by atoms with Gasteiger partial charge in [-0.3, -0.25) is 4.79 Å². The van der Waals surface area contributed by atoms with Gasteiger partial charge in [0.2, 0.25) is 0 Å². The SMILES string of the molecule is CC(C)c1ccccc1NC=CC(=O)c1ccc(-c2ccccc2)cc1.